The fraction of sp³-hybridized carbons (Fsp3) is 0.250. The molecular formula is C16H20N2O2S. The number of hydrogen-bond acceptors (Lipinski definition) is 3. The van der Waals surface area contributed by atoms with Crippen molar-refractivity contribution in [2.45, 2.75) is 31.7 Å². The molecule has 2 aromatic carbocycles. The van der Waals surface area contributed by atoms with Gasteiger partial charge in [-0.15, -0.1) is 0 Å². The third kappa shape index (κ3) is 4.06. The van der Waals surface area contributed by atoms with E-state index in [2.05, 4.69) is 11.6 Å². The van der Waals surface area contributed by atoms with Gasteiger partial charge in [-0.2, -0.15) is 0 Å². The smallest absolute Gasteiger partial charge is 0.240 e. The quantitative estimate of drug-likeness (QED) is 0.834. The molecule has 0 saturated carbocycles. The van der Waals surface area contributed by atoms with Crippen LogP contribution in [0.4, 0.5) is 5.69 Å². The first-order chi connectivity index (χ1) is 9.90. The van der Waals surface area contributed by atoms with Crippen LogP contribution in [-0.4, -0.2) is 8.42 Å². The Morgan fingerprint density at radius 1 is 1.05 bits per heavy atom. The second kappa shape index (κ2) is 6.28. The molecule has 4 nitrogen and oxygen atoms in total. The monoisotopic (exact) mass is 304 g/mol. The summed E-state index contributed by atoms with van der Waals surface area (Å²) in [7, 11) is -3.55. The van der Waals surface area contributed by atoms with Crippen molar-refractivity contribution >= 4 is 15.7 Å². The lowest BCUT2D eigenvalue weighted by molar-refractivity contribution is 0.581. The van der Waals surface area contributed by atoms with Crippen LogP contribution in [0.15, 0.2) is 47.4 Å². The maximum atomic E-state index is 12.3. The average Bonchev–Trinajstić information content (AvgIpc) is 2.45. The van der Waals surface area contributed by atoms with Crippen molar-refractivity contribution in [3.8, 4) is 0 Å². The molecule has 0 bridgehead atoms. The fourth-order valence-electron chi connectivity index (χ4n) is 2.09. The van der Waals surface area contributed by atoms with Gasteiger partial charge in [0.2, 0.25) is 10.0 Å². The number of sulfonamides is 1. The van der Waals surface area contributed by atoms with E-state index in [0.29, 0.717) is 5.69 Å². The predicted octanol–water partition coefficient (Wildman–Crippen LogP) is 2.62. The van der Waals surface area contributed by atoms with Gasteiger partial charge in [-0.05, 0) is 48.2 Å². The molecular weight excluding hydrogens is 284 g/mol. The van der Waals surface area contributed by atoms with Crippen molar-refractivity contribution < 1.29 is 8.42 Å². The summed E-state index contributed by atoms with van der Waals surface area (Å²) in [6, 6.07) is 12.7. The SMILES string of the molecule is CCc1ccc(CNS(=O)(=O)c2cc(C)cc(N)c2)cc1. The third-order valence-corrected chi connectivity index (χ3v) is 4.66. The molecule has 0 aliphatic rings. The molecule has 112 valence electrons. The van der Waals surface area contributed by atoms with E-state index in [1.807, 2.05) is 31.2 Å². The lowest BCUT2D eigenvalue weighted by Gasteiger charge is -2.09. The summed E-state index contributed by atoms with van der Waals surface area (Å²) in [5.41, 5.74) is 9.13. The summed E-state index contributed by atoms with van der Waals surface area (Å²) >= 11 is 0. The predicted molar refractivity (Wildman–Crippen MR) is 85.4 cm³/mol. The van der Waals surface area contributed by atoms with Gasteiger partial charge in [0.05, 0.1) is 4.90 Å². The molecule has 0 aromatic heterocycles. The van der Waals surface area contributed by atoms with E-state index in [9.17, 15) is 8.42 Å². The molecule has 2 aromatic rings. The highest BCUT2D eigenvalue weighted by molar-refractivity contribution is 7.89. The molecule has 5 heteroatoms. The standard InChI is InChI=1S/C16H20N2O2S/c1-3-13-4-6-14(7-5-13)11-18-21(19,20)16-9-12(2)8-15(17)10-16/h4-10,18H,3,11,17H2,1-2H3. The van der Waals surface area contributed by atoms with Crippen molar-refractivity contribution in [1.29, 1.82) is 0 Å². The van der Waals surface area contributed by atoms with Crippen molar-refractivity contribution in [2.75, 3.05) is 5.73 Å². The van der Waals surface area contributed by atoms with Crippen LogP contribution < -0.4 is 10.5 Å². The van der Waals surface area contributed by atoms with Gasteiger partial charge in [0, 0.05) is 12.2 Å². The Morgan fingerprint density at radius 3 is 2.24 bits per heavy atom. The minimum Gasteiger partial charge on any atom is -0.399 e. The summed E-state index contributed by atoms with van der Waals surface area (Å²) in [5, 5.41) is 0. The van der Waals surface area contributed by atoms with Crippen molar-refractivity contribution in [3.63, 3.8) is 0 Å². The lowest BCUT2D eigenvalue weighted by Crippen LogP contribution is -2.23. The van der Waals surface area contributed by atoms with Crippen LogP contribution in [0.1, 0.15) is 23.6 Å². The van der Waals surface area contributed by atoms with Crippen LogP contribution in [0.2, 0.25) is 0 Å². The molecule has 0 aliphatic carbocycles. The second-order valence-corrected chi connectivity index (χ2v) is 6.84. The van der Waals surface area contributed by atoms with Crippen LogP contribution in [0.5, 0.6) is 0 Å². The van der Waals surface area contributed by atoms with Crippen molar-refractivity contribution in [3.05, 3.63) is 59.2 Å². The minimum absolute atomic E-state index is 0.199. The first-order valence-electron chi connectivity index (χ1n) is 6.85. The number of anilines is 1. The van der Waals surface area contributed by atoms with Crippen LogP contribution in [0.3, 0.4) is 0 Å². The first kappa shape index (κ1) is 15.5. The van der Waals surface area contributed by atoms with Crippen molar-refractivity contribution in [1.82, 2.24) is 4.72 Å². The van der Waals surface area contributed by atoms with E-state index in [0.717, 1.165) is 17.5 Å². The molecule has 0 heterocycles. The van der Waals surface area contributed by atoms with Gasteiger partial charge in [0.25, 0.3) is 0 Å². The van der Waals surface area contributed by atoms with Gasteiger partial charge in [-0.3, -0.25) is 0 Å². The highest BCUT2D eigenvalue weighted by Crippen LogP contribution is 2.16. The number of nitrogen functional groups attached to an aromatic ring is 1. The minimum atomic E-state index is -3.55. The second-order valence-electron chi connectivity index (χ2n) is 5.07. The van der Waals surface area contributed by atoms with E-state index >= 15 is 0 Å². The van der Waals surface area contributed by atoms with E-state index in [4.69, 9.17) is 5.73 Å². The highest BCUT2D eigenvalue weighted by atomic mass is 32.2. The topological polar surface area (TPSA) is 72.2 Å². The summed E-state index contributed by atoms with van der Waals surface area (Å²) in [6.07, 6.45) is 0.967. The fourth-order valence-corrected chi connectivity index (χ4v) is 3.24. The number of nitrogens with one attached hydrogen (secondary N) is 1. The molecule has 0 radical (unpaired) electrons. The summed E-state index contributed by atoms with van der Waals surface area (Å²) in [4.78, 5) is 0.199. The highest BCUT2D eigenvalue weighted by Gasteiger charge is 2.14. The molecule has 0 unspecified atom stereocenters. The first-order valence-corrected chi connectivity index (χ1v) is 8.33. The van der Waals surface area contributed by atoms with Gasteiger partial charge < -0.3 is 5.73 Å². The Hall–Kier alpha value is -1.85. The maximum Gasteiger partial charge on any atom is 0.240 e. The molecule has 0 fully saturated rings. The molecule has 0 aliphatic heterocycles. The summed E-state index contributed by atoms with van der Waals surface area (Å²) in [6.45, 7) is 4.17. The van der Waals surface area contributed by atoms with Crippen LogP contribution in [0.25, 0.3) is 0 Å². The molecule has 0 spiro atoms. The normalized spacial score (nSPS) is 11.5. The Labute approximate surface area is 126 Å². The number of rotatable bonds is 5. The number of hydrogen-bond donors (Lipinski definition) is 2. The van der Waals surface area contributed by atoms with E-state index in [1.165, 1.54) is 11.6 Å². The zero-order valence-corrected chi connectivity index (χ0v) is 13.1. The number of aryl methyl sites for hydroxylation is 2. The van der Waals surface area contributed by atoms with E-state index < -0.39 is 10.0 Å². The molecule has 0 saturated heterocycles. The van der Waals surface area contributed by atoms with Crippen LogP contribution in [-0.2, 0) is 23.0 Å². The zero-order chi connectivity index (χ0) is 15.5. The lowest BCUT2D eigenvalue weighted by atomic mass is 10.1. The van der Waals surface area contributed by atoms with Gasteiger partial charge >= 0.3 is 0 Å². The van der Waals surface area contributed by atoms with Crippen molar-refractivity contribution in [2.24, 2.45) is 0 Å². The van der Waals surface area contributed by atoms with Crippen LogP contribution in [0, 0.1) is 6.92 Å². The molecule has 2 rings (SSSR count). The van der Waals surface area contributed by atoms with Gasteiger partial charge in [-0.25, -0.2) is 13.1 Å². The van der Waals surface area contributed by atoms with E-state index in [1.54, 1.807) is 12.1 Å². The molecule has 21 heavy (non-hydrogen) atoms. The Balaban J connectivity index is 2.13. The molecule has 3 N–H and O–H groups in total. The maximum absolute atomic E-state index is 12.3. The third-order valence-electron chi connectivity index (χ3n) is 3.28. The van der Waals surface area contributed by atoms with Gasteiger partial charge in [0.15, 0.2) is 0 Å². The Kier molecular flexibility index (Phi) is 4.65. The van der Waals surface area contributed by atoms with E-state index in [-0.39, 0.29) is 11.4 Å². The van der Waals surface area contributed by atoms with Gasteiger partial charge in [0.1, 0.15) is 0 Å². The Bertz CT molecular complexity index is 702. The zero-order valence-electron chi connectivity index (χ0n) is 12.3. The number of benzene rings is 2. The molecule has 0 amide bonds. The molecule has 0 atom stereocenters. The number of nitrogens with two attached hydrogens (primary N) is 1. The summed E-state index contributed by atoms with van der Waals surface area (Å²) < 4.78 is 27.1. The van der Waals surface area contributed by atoms with Gasteiger partial charge in [-0.1, -0.05) is 31.2 Å². The summed E-state index contributed by atoms with van der Waals surface area (Å²) in [5.74, 6) is 0. The Morgan fingerprint density at radius 2 is 1.67 bits per heavy atom. The average molecular weight is 304 g/mol. The van der Waals surface area contributed by atoms with Crippen LogP contribution >= 0.6 is 0 Å². The largest absolute Gasteiger partial charge is 0.399 e.